The number of piperidine rings is 1. The van der Waals surface area contributed by atoms with E-state index in [-0.39, 0.29) is 31.8 Å². The zero-order valence-electron chi connectivity index (χ0n) is 20.6. The van der Waals surface area contributed by atoms with Gasteiger partial charge in [-0.3, -0.25) is 4.90 Å². The van der Waals surface area contributed by atoms with Gasteiger partial charge in [-0.15, -0.1) is 0 Å². The Hall–Kier alpha value is -3.02. The van der Waals surface area contributed by atoms with E-state index in [1.165, 1.54) is 24.3 Å². The van der Waals surface area contributed by atoms with Crippen molar-refractivity contribution in [1.29, 1.82) is 0 Å². The number of aromatic nitrogens is 1. The van der Waals surface area contributed by atoms with Gasteiger partial charge in [-0.25, -0.2) is 9.78 Å². The molecule has 2 aromatic rings. The van der Waals surface area contributed by atoms with Gasteiger partial charge in [-0.2, -0.15) is 26.3 Å². The van der Waals surface area contributed by atoms with Crippen LogP contribution in [0.4, 0.5) is 36.8 Å². The van der Waals surface area contributed by atoms with Crippen molar-refractivity contribution in [3.63, 3.8) is 0 Å². The average Bonchev–Trinajstić information content (AvgIpc) is 3.61. The van der Waals surface area contributed by atoms with Gasteiger partial charge in [0.2, 0.25) is 5.88 Å². The van der Waals surface area contributed by atoms with Crippen LogP contribution in [0.5, 0.6) is 5.88 Å². The zero-order chi connectivity index (χ0) is 27.1. The minimum absolute atomic E-state index is 0.0362. The summed E-state index contributed by atoms with van der Waals surface area (Å²) in [5.41, 5.74) is -2.68. The number of alkyl halides is 6. The lowest BCUT2D eigenvalue weighted by Crippen LogP contribution is -2.39. The average molecular weight is 543 g/mol. The molecule has 38 heavy (non-hydrogen) atoms. The summed E-state index contributed by atoms with van der Waals surface area (Å²) in [6, 6.07) is 3.99. The zero-order valence-corrected chi connectivity index (χ0v) is 20.6. The molecule has 2 aliphatic heterocycles. The van der Waals surface area contributed by atoms with Gasteiger partial charge in [0.1, 0.15) is 6.10 Å². The number of likely N-dealkylation sites (tertiary alicyclic amines) is 1. The summed E-state index contributed by atoms with van der Waals surface area (Å²) in [4.78, 5) is 22.0. The maximum Gasteiger partial charge on any atom is 0.416 e. The fraction of sp³-hybridized carbons (Fsp3) is 0.538. The summed E-state index contributed by atoms with van der Waals surface area (Å²) in [7, 11) is 0. The van der Waals surface area contributed by atoms with Gasteiger partial charge in [0.25, 0.3) is 0 Å². The Morgan fingerprint density at radius 3 is 2.08 bits per heavy atom. The number of amides is 2. The summed E-state index contributed by atoms with van der Waals surface area (Å²) >= 11 is 0. The molecule has 3 heterocycles. The van der Waals surface area contributed by atoms with Crippen LogP contribution in [0.25, 0.3) is 0 Å². The third kappa shape index (κ3) is 6.33. The maximum absolute atomic E-state index is 13.2. The Morgan fingerprint density at radius 2 is 1.53 bits per heavy atom. The van der Waals surface area contributed by atoms with E-state index < -0.39 is 35.2 Å². The minimum atomic E-state index is -4.98. The lowest BCUT2D eigenvalue weighted by molar-refractivity contribution is -0.143. The highest BCUT2D eigenvalue weighted by molar-refractivity contribution is 5.94. The molecule has 6 nitrogen and oxygen atoms in total. The van der Waals surface area contributed by atoms with Gasteiger partial charge in [0.15, 0.2) is 0 Å². The smallest absolute Gasteiger partial charge is 0.416 e. The van der Waals surface area contributed by atoms with Crippen molar-refractivity contribution in [3.8, 4) is 5.88 Å². The number of ether oxygens (including phenoxy) is 1. The van der Waals surface area contributed by atoms with Crippen molar-refractivity contribution >= 4 is 11.7 Å². The van der Waals surface area contributed by atoms with Crippen LogP contribution in [0, 0.1) is 5.92 Å². The molecule has 0 bridgehead atoms. The third-order valence-electron chi connectivity index (χ3n) is 7.19. The van der Waals surface area contributed by atoms with E-state index in [9.17, 15) is 31.1 Å². The van der Waals surface area contributed by atoms with Crippen molar-refractivity contribution in [2.75, 3.05) is 37.6 Å². The van der Waals surface area contributed by atoms with E-state index in [0.717, 1.165) is 36.7 Å². The number of pyridine rings is 1. The first-order valence-corrected chi connectivity index (χ1v) is 12.7. The van der Waals surface area contributed by atoms with Crippen LogP contribution < -0.4 is 9.64 Å². The summed E-state index contributed by atoms with van der Waals surface area (Å²) in [5.74, 6) is 1.34. The van der Waals surface area contributed by atoms with E-state index in [1.807, 2.05) is 0 Å². The van der Waals surface area contributed by atoms with Crippen LogP contribution in [-0.4, -0.2) is 59.6 Å². The highest BCUT2D eigenvalue weighted by atomic mass is 19.4. The number of nitrogens with zero attached hydrogens (tertiary/aromatic N) is 4. The molecule has 0 spiro atoms. The number of hydrogen-bond donors (Lipinski definition) is 0. The molecule has 0 unspecified atom stereocenters. The van der Waals surface area contributed by atoms with E-state index >= 15 is 0 Å². The summed E-state index contributed by atoms with van der Waals surface area (Å²) < 4.78 is 85.4. The summed E-state index contributed by atoms with van der Waals surface area (Å²) in [6.45, 7) is 3.41. The van der Waals surface area contributed by atoms with Crippen molar-refractivity contribution in [1.82, 2.24) is 14.8 Å². The van der Waals surface area contributed by atoms with Crippen LogP contribution in [0.3, 0.4) is 0 Å². The van der Waals surface area contributed by atoms with E-state index in [1.54, 1.807) is 18.3 Å². The van der Waals surface area contributed by atoms with Gasteiger partial charge in [0.05, 0.1) is 11.1 Å². The van der Waals surface area contributed by atoms with Crippen LogP contribution in [0.2, 0.25) is 0 Å². The van der Waals surface area contributed by atoms with Gasteiger partial charge in [-0.1, -0.05) is 6.07 Å². The third-order valence-corrected chi connectivity index (χ3v) is 7.19. The Morgan fingerprint density at radius 1 is 0.868 bits per heavy atom. The van der Waals surface area contributed by atoms with E-state index in [4.69, 9.17) is 4.74 Å². The molecule has 0 atom stereocenters. The molecule has 5 rings (SSSR count). The molecule has 12 heteroatoms. The molecular weight excluding hydrogens is 514 g/mol. The highest BCUT2D eigenvalue weighted by Crippen LogP contribution is 2.39. The molecule has 1 aliphatic carbocycles. The quantitative estimate of drug-likeness (QED) is 0.414. The molecule has 3 fully saturated rings. The number of halogens is 6. The topological polar surface area (TPSA) is 48.9 Å². The molecular formula is C26H28F6N4O2. The Balaban J connectivity index is 1.19. The first-order chi connectivity index (χ1) is 18.0. The SMILES string of the molecule is O=C1N(Cc2ccc(OC3CCN(CC4CC4)CC3)nc2)CCN1c1cc(C(F)(F)F)cc(C(F)(F)F)c1. The van der Waals surface area contributed by atoms with Crippen molar-refractivity contribution in [2.24, 2.45) is 5.92 Å². The standard InChI is InChI=1S/C26H28F6N4O2/c27-25(28,29)19-11-20(26(30,31)32)13-21(12-19)36-10-9-35(24(36)37)16-18-3-4-23(33-14-18)38-22-5-7-34(8-6-22)15-17-1-2-17/h3-4,11-14,17,22H,1-2,5-10,15-16H2. The largest absolute Gasteiger partial charge is 0.474 e. The van der Waals surface area contributed by atoms with Crippen LogP contribution in [0.15, 0.2) is 36.5 Å². The van der Waals surface area contributed by atoms with Crippen LogP contribution in [0.1, 0.15) is 42.4 Å². The molecule has 1 aromatic carbocycles. The molecule has 1 aromatic heterocycles. The van der Waals surface area contributed by atoms with Gasteiger partial charge >= 0.3 is 18.4 Å². The van der Waals surface area contributed by atoms with E-state index in [2.05, 4.69) is 9.88 Å². The number of urea groups is 1. The molecule has 2 amide bonds. The van der Waals surface area contributed by atoms with E-state index in [0.29, 0.717) is 23.6 Å². The Labute approximate surface area is 216 Å². The lowest BCUT2D eigenvalue weighted by atomic mass is 10.1. The molecule has 0 radical (unpaired) electrons. The van der Waals surface area contributed by atoms with Crippen LogP contribution >= 0.6 is 0 Å². The predicted octanol–water partition coefficient (Wildman–Crippen LogP) is 5.81. The Kier molecular flexibility index (Phi) is 7.19. The van der Waals surface area contributed by atoms with Crippen molar-refractivity contribution in [3.05, 3.63) is 53.2 Å². The summed E-state index contributed by atoms with van der Waals surface area (Å²) in [5, 5.41) is 0. The molecule has 0 N–H and O–H groups in total. The number of hydrogen-bond acceptors (Lipinski definition) is 4. The first-order valence-electron chi connectivity index (χ1n) is 12.7. The number of rotatable bonds is 7. The predicted molar refractivity (Wildman–Crippen MR) is 127 cm³/mol. The molecule has 206 valence electrons. The van der Waals surface area contributed by atoms with Crippen LogP contribution in [-0.2, 0) is 18.9 Å². The number of benzene rings is 1. The van der Waals surface area contributed by atoms with Crippen molar-refractivity contribution in [2.45, 2.75) is 50.7 Å². The molecule has 1 saturated carbocycles. The van der Waals surface area contributed by atoms with Gasteiger partial charge in [0, 0.05) is 57.2 Å². The molecule has 2 saturated heterocycles. The lowest BCUT2D eigenvalue weighted by Gasteiger charge is -2.31. The van der Waals surface area contributed by atoms with Gasteiger partial charge in [-0.05, 0) is 55.4 Å². The second kappa shape index (κ2) is 10.3. The molecule has 3 aliphatic rings. The Bertz CT molecular complexity index is 1110. The first kappa shape index (κ1) is 26.6. The number of carbonyl (C=O) groups excluding carboxylic acids is 1. The maximum atomic E-state index is 13.2. The fourth-order valence-electron chi connectivity index (χ4n) is 4.90. The highest BCUT2D eigenvalue weighted by Gasteiger charge is 2.39. The second-order valence-corrected chi connectivity index (χ2v) is 10.2. The van der Waals surface area contributed by atoms with Crippen molar-refractivity contribution < 1.29 is 35.9 Å². The number of carbonyl (C=O) groups is 1. The fourth-order valence-corrected chi connectivity index (χ4v) is 4.90. The normalized spacial score (nSPS) is 19.9. The summed E-state index contributed by atoms with van der Waals surface area (Å²) in [6.07, 6.45) is -3.79. The number of anilines is 1. The minimum Gasteiger partial charge on any atom is -0.474 e. The monoisotopic (exact) mass is 542 g/mol. The van der Waals surface area contributed by atoms with Gasteiger partial charge < -0.3 is 14.5 Å². The second-order valence-electron chi connectivity index (χ2n) is 10.2.